The van der Waals surface area contributed by atoms with Crippen molar-refractivity contribution >= 4 is 15.7 Å². The van der Waals surface area contributed by atoms with E-state index >= 15 is 0 Å². The zero-order chi connectivity index (χ0) is 13.0. The van der Waals surface area contributed by atoms with Crippen molar-refractivity contribution in [2.75, 3.05) is 5.73 Å². The smallest absolute Gasteiger partial charge is 0.258 e. The molecule has 3 N–H and O–H groups in total. The van der Waals surface area contributed by atoms with Crippen molar-refractivity contribution in [3.05, 3.63) is 54.2 Å². The topological polar surface area (TPSA) is 85.1 Å². The van der Waals surface area contributed by atoms with Gasteiger partial charge >= 0.3 is 0 Å². The molecule has 0 fully saturated rings. The van der Waals surface area contributed by atoms with Gasteiger partial charge in [0.1, 0.15) is 0 Å². The Balaban J connectivity index is 2.11. The fourth-order valence-electron chi connectivity index (χ4n) is 1.46. The van der Waals surface area contributed by atoms with Crippen LogP contribution in [0.25, 0.3) is 0 Å². The molecule has 0 bridgehead atoms. The average Bonchev–Trinajstić information content (AvgIpc) is 2.38. The molecule has 18 heavy (non-hydrogen) atoms. The number of nitrogens with one attached hydrogen (secondary N) is 1. The van der Waals surface area contributed by atoms with E-state index in [4.69, 9.17) is 5.73 Å². The van der Waals surface area contributed by atoms with E-state index in [-0.39, 0.29) is 11.6 Å². The van der Waals surface area contributed by atoms with E-state index in [0.29, 0.717) is 5.69 Å². The predicted molar refractivity (Wildman–Crippen MR) is 69.1 cm³/mol. The normalized spacial score (nSPS) is 11.3. The molecule has 6 heteroatoms. The molecule has 0 aliphatic carbocycles. The summed E-state index contributed by atoms with van der Waals surface area (Å²) < 4.78 is 26.2. The van der Waals surface area contributed by atoms with E-state index in [9.17, 15) is 8.42 Å². The number of hydrogen-bond acceptors (Lipinski definition) is 4. The molecule has 5 nitrogen and oxygen atoms in total. The van der Waals surface area contributed by atoms with Gasteiger partial charge in [-0.05, 0) is 29.8 Å². The number of sulfonamides is 1. The first-order chi connectivity index (χ1) is 8.58. The molecule has 1 heterocycles. The summed E-state index contributed by atoms with van der Waals surface area (Å²) in [6.45, 7) is 0.184. The first kappa shape index (κ1) is 12.5. The Kier molecular flexibility index (Phi) is 3.59. The number of pyridine rings is 1. The number of nitrogens with zero attached hydrogens (tertiary/aromatic N) is 1. The molecule has 0 aliphatic rings. The van der Waals surface area contributed by atoms with Crippen molar-refractivity contribution in [3.8, 4) is 0 Å². The summed E-state index contributed by atoms with van der Waals surface area (Å²) in [5.41, 5.74) is 7.02. The first-order valence-corrected chi connectivity index (χ1v) is 6.81. The van der Waals surface area contributed by atoms with Crippen molar-refractivity contribution in [3.63, 3.8) is 0 Å². The number of nitrogen functional groups attached to an aromatic ring is 1. The average molecular weight is 263 g/mol. The van der Waals surface area contributed by atoms with Crippen LogP contribution in [0.15, 0.2) is 53.7 Å². The molecule has 1 aromatic heterocycles. The molecule has 0 unspecified atom stereocenters. The van der Waals surface area contributed by atoms with Gasteiger partial charge in [-0.15, -0.1) is 0 Å². The van der Waals surface area contributed by atoms with Crippen molar-refractivity contribution in [1.29, 1.82) is 0 Å². The van der Waals surface area contributed by atoms with Gasteiger partial charge < -0.3 is 5.73 Å². The van der Waals surface area contributed by atoms with E-state index in [2.05, 4.69) is 9.71 Å². The van der Waals surface area contributed by atoms with Crippen LogP contribution in [-0.4, -0.2) is 13.4 Å². The van der Waals surface area contributed by atoms with Crippen molar-refractivity contribution in [2.24, 2.45) is 0 Å². The van der Waals surface area contributed by atoms with E-state index in [1.54, 1.807) is 36.4 Å². The Morgan fingerprint density at radius 1 is 1.17 bits per heavy atom. The second-order valence-corrected chi connectivity index (χ2v) is 5.45. The van der Waals surface area contributed by atoms with Crippen LogP contribution in [0.2, 0.25) is 0 Å². The summed E-state index contributed by atoms with van der Waals surface area (Å²) in [6.07, 6.45) is 1.44. The minimum absolute atomic E-state index is 0.00824. The van der Waals surface area contributed by atoms with Crippen molar-refractivity contribution < 1.29 is 8.42 Å². The van der Waals surface area contributed by atoms with Gasteiger partial charge in [-0.2, -0.15) is 0 Å². The summed E-state index contributed by atoms with van der Waals surface area (Å²) in [7, 11) is -3.57. The Morgan fingerprint density at radius 3 is 2.67 bits per heavy atom. The molecule has 94 valence electrons. The van der Waals surface area contributed by atoms with Crippen LogP contribution in [0.3, 0.4) is 0 Å². The molecule has 0 saturated carbocycles. The Morgan fingerprint density at radius 2 is 2.00 bits per heavy atom. The Hall–Kier alpha value is -1.92. The van der Waals surface area contributed by atoms with E-state index in [1.165, 1.54) is 12.3 Å². The second kappa shape index (κ2) is 5.16. The lowest BCUT2D eigenvalue weighted by Crippen LogP contribution is -2.24. The number of benzene rings is 1. The highest BCUT2D eigenvalue weighted by atomic mass is 32.2. The number of anilines is 1. The van der Waals surface area contributed by atoms with Gasteiger partial charge in [0, 0.05) is 18.4 Å². The molecule has 2 aromatic rings. The summed E-state index contributed by atoms with van der Waals surface area (Å²) >= 11 is 0. The highest BCUT2D eigenvalue weighted by Crippen LogP contribution is 2.08. The predicted octanol–water partition coefficient (Wildman–Crippen LogP) is 1.14. The molecule has 0 spiro atoms. The second-order valence-electron chi connectivity index (χ2n) is 3.74. The number of rotatable bonds is 4. The number of aromatic nitrogens is 1. The summed E-state index contributed by atoms with van der Waals surface area (Å²) in [5, 5.41) is 0.00824. The van der Waals surface area contributed by atoms with Crippen LogP contribution in [0.5, 0.6) is 0 Å². The van der Waals surface area contributed by atoms with Crippen LogP contribution in [0.4, 0.5) is 5.69 Å². The molecule has 0 amide bonds. The zero-order valence-electron chi connectivity index (χ0n) is 9.58. The maximum Gasteiger partial charge on any atom is 0.258 e. The molecule has 0 saturated heterocycles. The lowest BCUT2D eigenvalue weighted by molar-refractivity contribution is 0.577. The van der Waals surface area contributed by atoms with E-state index in [0.717, 1.165) is 5.56 Å². The monoisotopic (exact) mass is 263 g/mol. The van der Waals surface area contributed by atoms with Crippen molar-refractivity contribution in [2.45, 2.75) is 11.6 Å². The fraction of sp³-hybridized carbons (Fsp3) is 0.0833. The van der Waals surface area contributed by atoms with Gasteiger partial charge in [-0.25, -0.2) is 18.1 Å². The molecule has 0 atom stereocenters. The van der Waals surface area contributed by atoms with Gasteiger partial charge in [0.15, 0.2) is 5.03 Å². The summed E-state index contributed by atoms with van der Waals surface area (Å²) in [4.78, 5) is 3.81. The third-order valence-corrected chi connectivity index (χ3v) is 3.65. The standard InChI is InChI=1S/C12H13N3O2S/c13-11-5-3-4-10(8-11)9-15-18(16,17)12-6-1-2-7-14-12/h1-8,15H,9,13H2. The maximum absolute atomic E-state index is 11.9. The van der Waals surface area contributed by atoms with Crippen LogP contribution in [-0.2, 0) is 16.6 Å². The zero-order valence-corrected chi connectivity index (χ0v) is 10.4. The van der Waals surface area contributed by atoms with Crippen LogP contribution < -0.4 is 10.5 Å². The fourth-order valence-corrected chi connectivity index (χ4v) is 2.42. The third kappa shape index (κ3) is 3.06. The van der Waals surface area contributed by atoms with Crippen LogP contribution in [0, 0.1) is 0 Å². The summed E-state index contributed by atoms with van der Waals surface area (Å²) in [5.74, 6) is 0. The highest BCUT2D eigenvalue weighted by molar-refractivity contribution is 7.89. The highest BCUT2D eigenvalue weighted by Gasteiger charge is 2.14. The largest absolute Gasteiger partial charge is 0.399 e. The third-order valence-electron chi connectivity index (χ3n) is 2.33. The van der Waals surface area contributed by atoms with Gasteiger partial charge in [-0.1, -0.05) is 18.2 Å². The molecule has 0 radical (unpaired) electrons. The first-order valence-electron chi connectivity index (χ1n) is 5.33. The Bertz CT molecular complexity index is 627. The van der Waals surface area contributed by atoms with Gasteiger partial charge in [0.05, 0.1) is 0 Å². The summed E-state index contributed by atoms with van der Waals surface area (Å²) in [6, 6.07) is 11.8. The quantitative estimate of drug-likeness (QED) is 0.810. The van der Waals surface area contributed by atoms with Gasteiger partial charge in [0.2, 0.25) is 0 Å². The lowest BCUT2D eigenvalue weighted by atomic mass is 10.2. The molecular weight excluding hydrogens is 250 g/mol. The maximum atomic E-state index is 11.9. The lowest BCUT2D eigenvalue weighted by Gasteiger charge is -2.06. The number of nitrogens with two attached hydrogens (primary N) is 1. The minimum atomic E-state index is -3.57. The molecule has 2 rings (SSSR count). The molecular formula is C12H13N3O2S. The minimum Gasteiger partial charge on any atom is -0.399 e. The SMILES string of the molecule is Nc1cccc(CNS(=O)(=O)c2ccccn2)c1. The van der Waals surface area contributed by atoms with Gasteiger partial charge in [0.25, 0.3) is 10.0 Å². The molecule has 0 aliphatic heterocycles. The Labute approximate surface area is 106 Å². The van der Waals surface area contributed by atoms with Gasteiger partial charge in [-0.3, -0.25) is 0 Å². The van der Waals surface area contributed by atoms with Crippen LogP contribution >= 0.6 is 0 Å². The van der Waals surface area contributed by atoms with E-state index < -0.39 is 10.0 Å². The van der Waals surface area contributed by atoms with Crippen LogP contribution in [0.1, 0.15) is 5.56 Å². The number of hydrogen-bond donors (Lipinski definition) is 2. The van der Waals surface area contributed by atoms with E-state index in [1.807, 2.05) is 0 Å². The van der Waals surface area contributed by atoms with Crippen molar-refractivity contribution in [1.82, 2.24) is 9.71 Å². The molecule has 1 aromatic carbocycles.